The lowest BCUT2D eigenvalue weighted by Crippen LogP contribution is -2.28. The van der Waals surface area contributed by atoms with Crippen molar-refractivity contribution in [2.75, 3.05) is 19.8 Å². The molecule has 0 bridgehead atoms. The molecule has 0 aromatic heterocycles. The first-order valence-electron chi connectivity index (χ1n) is 4.19. The minimum absolute atomic E-state index is 0.134. The molecule has 1 atom stereocenters. The summed E-state index contributed by atoms with van der Waals surface area (Å²) < 4.78 is 0. The second-order valence-electron chi connectivity index (χ2n) is 2.97. The molecule has 1 saturated heterocycles. The van der Waals surface area contributed by atoms with Gasteiger partial charge < -0.3 is 5.32 Å². The van der Waals surface area contributed by atoms with Gasteiger partial charge in [0.2, 0.25) is 17.7 Å². The Hall–Kier alpha value is -1.04. The second kappa shape index (κ2) is 4.45. The predicted octanol–water partition coefficient (Wildman–Crippen LogP) is -0.777. The molecular formula is C8H12N2O3S. The number of hydrogen-bond donors (Lipinski definition) is 1. The smallest absolute Gasteiger partial charge is 0.242 e. The lowest BCUT2D eigenvalue weighted by molar-refractivity contribution is -0.136. The summed E-state index contributed by atoms with van der Waals surface area (Å²) in [7, 11) is 3.00. The fourth-order valence-corrected chi connectivity index (χ4v) is 2.16. The summed E-state index contributed by atoms with van der Waals surface area (Å²) in [5.74, 6) is -0.299. The fraction of sp³-hybridized carbons (Fsp3) is 0.625. The fourth-order valence-electron chi connectivity index (χ4n) is 1.10. The Morgan fingerprint density at radius 2 is 2.29 bits per heavy atom. The number of rotatable bonds is 3. The zero-order valence-electron chi connectivity index (χ0n) is 8.07. The van der Waals surface area contributed by atoms with Crippen LogP contribution in [0.1, 0.15) is 6.42 Å². The molecule has 3 amide bonds. The Kier molecular flexibility index (Phi) is 3.51. The highest BCUT2D eigenvalue weighted by molar-refractivity contribution is 8.01. The molecule has 0 aliphatic carbocycles. The van der Waals surface area contributed by atoms with E-state index in [1.165, 1.54) is 25.9 Å². The lowest BCUT2D eigenvalue weighted by Gasteiger charge is -2.07. The Bertz CT molecular complexity index is 280. The van der Waals surface area contributed by atoms with Gasteiger partial charge in [-0.15, -0.1) is 11.8 Å². The van der Waals surface area contributed by atoms with Crippen molar-refractivity contribution >= 4 is 29.5 Å². The number of likely N-dealkylation sites (tertiary alicyclic amines) is 1. The van der Waals surface area contributed by atoms with Crippen molar-refractivity contribution in [1.82, 2.24) is 10.2 Å². The minimum Gasteiger partial charge on any atom is -0.358 e. The van der Waals surface area contributed by atoms with Gasteiger partial charge in [-0.25, -0.2) is 0 Å². The van der Waals surface area contributed by atoms with Crippen LogP contribution < -0.4 is 5.32 Å². The van der Waals surface area contributed by atoms with Gasteiger partial charge in [-0.05, 0) is 0 Å². The van der Waals surface area contributed by atoms with E-state index in [1.807, 2.05) is 0 Å². The first-order valence-corrected chi connectivity index (χ1v) is 5.23. The van der Waals surface area contributed by atoms with Crippen molar-refractivity contribution in [1.29, 1.82) is 0 Å². The second-order valence-corrected chi connectivity index (χ2v) is 4.16. The predicted molar refractivity (Wildman–Crippen MR) is 52.7 cm³/mol. The molecule has 78 valence electrons. The molecule has 1 aliphatic rings. The number of imide groups is 1. The topological polar surface area (TPSA) is 66.5 Å². The van der Waals surface area contributed by atoms with Crippen LogP contribution in [0.5, 0.6) is 0 Å². The molecule has 1 N–H and O–H groups in total. The Balaban J connectivity index is 2.44. The zero-order chi connectivity index (χ0) is 10.7. The quantitative estimate of drug-likeness (QED) is 0.629. The third kappa shape index (κ3) is 2.25. The number of nitrogens with one attached hydrogen (secondary N) is 1. The van der Waals surface area contributed by atoms with Gasteiger partial charge in [0, 0.05) is 20.5 Å². The van der Waals surface area contributed by atoms with E-state index in [9.17, 15) is 14.4 Å². The summed E-state index contributed by atoms with van der Waals surface area (Å²) in [6.45, 7) is 0. The van der Waals surface area contributed by atoms with Crippen LogP contribution >= 0.6 is 11.8 Å². The summed E-state index contributed by atoms with van der Waals surface area (Å²) in [4.78, 5) is 34.5. The van der Waals surface area contributed by atoms with Crippen LogP contribution in [0, 0.1) is 0 Å². The van der Waals surface area contributed by atoms with Crippen molar-refractivity contribution in [2.24, 2.45) is 0 Å². The maximum absolute atomic E-state index is 11.4. The van der Waals surface area contributed by atoms with E-state index in [0.29, 0.717) is 0 Å². The maximum Gasteiger partial charge on any atom is 0.242 e. The van der Waals surface area contributed by atoms with E-state index in [0.717, 1.165) is 4.90 Å². The van der Waals surface area contributed by atoms with Crippen LogP contribution in [-0.4, -0.2) is 47.7 Å². The molecule has 14 heavy (non-hydrogen) atoms. The molecule has 0 saturated carbocycles. The van der Waals surface area contributed by atoms with Crippen LogP contribution in [0.25, 0.3) is 0 Å². The van der Waals surface area contributed by atoms with Crippen LogP contribution in [0.4, 0.5) is 0 Å². The van der Waals surface area contributed by atoms with E-state index in [1.54, 1.807) is 0 Å². The standard InChI is InChI=1S/C8H12N2O3S/c1-9-6(11)4-14-5-3-7(12)10(2)8(5)13/h5H,3-4H2,1-2H3,(H,9,11). The summed E-state index contributed by atoms with van der Waals surface area (Å²) in [6, 6.07) is 0. The van der Waals surface area contributed by atoms with Crippen molar-refractivity contribution in [3.63, 3.8) is 0 Å². The van der Waals surface area contributed by atoms with Crippen LogP contribution in [-0.2, 0) is 14.4 Å². The Labute approximate surface area is 86.2 Å². The van der Waals surface area contributed by atoms with Gasteiger partial charge >= 0.3 is 0 Å². The van der Waals surface area contributed by atoms with E-state index in [4.69, 9.17) is 0 Å². The normalized spacial score (nSPS) is 21.6. The van der Waals surface area contributed by atoms with Crippen LogP contribution in [0.15, 0.2) is 0 Å². The molecule has 1 aliphatic heterocycles. The van der Waals surface area contributed by atoms with Crippen molar-refractivity contribution in [3.05, 3.63) is 0 Å². The van der Waals surface area contributed by atoms with E-state index >= 15 is 0 Å². The van der Waals surface area contributed by atoms with Gasteiger partial charge in [-0.2, -0.15) is 0 Å². The molecule has 0 aromatic carbocycles. The van der Waals surface area contributed by atoms with Crippen LogP contribution in [0.2, 0.25) is 0 Å². The van der Waals surface area contributed by atoms with E-state index in [2.05, 4.69) is 5.32 Å². The number of thioether (sulfide) groups is 1. The van der Waals surface area contributed by atoms with Gasteiger partial charge in [0.25, 0.3) is 0 Å². The lowest BCUT2D eigenvalue weighted by atomic mass is 10.4. The minimum atomic E-state index is -0.384. The van der Waals surface area contributed by atoms with Gasteiger partial charge in [0.05, 0.1) is 11.0 Å². The number of carbonyl (C=O) groups is 3. The molecular weight excluding hydrogens is 204 g/mol. The summed E-state index contributed by atoms with van der Waals surface area (Å²) in [5.41, 5.74) is 0. The Morgan fingerprint density at radius 3 is 2.71 bits per heavy atom. The molecule has 0 spiro atoms. The summed E-state index contributed by atoms with van der Waals surface area (Å²) in [5, 5.41) is 2.07. The molecule has 5 nitrogen and oxygen atoms in total. The molecule has 1 rings (SSSR count). The van der Waals surface area contributed by atoms with Gasteiger partial charge in [0.15, 0.2) is 0 Å². The molecule has 1 heterocycles. The molecule has 0 aromatic rings. The van der Waals surface area contributed by atoms with Crippen molar-refractivity contribution < 1.29 is 14.4 Å². The van der Waals surface area contributed by atoms with Gasteiger partial charge in [0.1, 0.15) is 0 Å². The van der Waals surface area contributed by atoms with Gasteiger partial charge in [-0.3, -0.25) is 19.3 Å². The molecule has 1 unspecified atom stereocenters. The number of carbonyl (C=O) groups excluding carboxylic acids is 3. The van der Waals surface area contributed by atoms with Gasteiger partial charge in [-0.1, -0.05) is 0 Å². The summed E-state index contributed by atoms with van der Waals surface area (Å²) in [6.07, 6.45) is 0.205. The highest BCUT2D eigenvalue weighted by Gasteiger charge is 2.36. The number of amides is 3. The average molecular weight is 216 g/mol. The number of nitrogens with zero attached hydrogens (tertiary/aromatic N) is 1. The van der Waals surface area contributed by atoms with E-state index < -0.39 is 0 Å². The van der Waals surface area contributed by atoms with Crippen molar-refractivity contribution in [3.8, 4) is 0 Å². The maximum atomic E-state index is 11.4. The summed E-state index contributed by atoms with van der Waals surface area (Å²) >= 11 is 1.21. The van der Waals surface area contributed by atoms with Crippen LogP contribution in [0.3, 0.4) is 0 Å². The third-order valence-corrected chi connectivity index (χ3v) is 3.23. The largest absolute Gasteiger partial charge is 0.358 e. The van der Waals surface area contributed by atoms with E-state index in [-0.39, 0.29) is 35.1 Å². The SMILES string of the molecule is CNC(=O)CSC1CC(=O)N(C)C1=O. The highest BCUT2D eigenvalue weighted by Crippen LogP contribution is 2.23. The Morgan fingerprint density at radius 1 is 1.64 bits per heavy atom. The molecule has 6 heteroatoms. The number of hydrogen-bond acceptors (Lipinski definition) is 4. The van der Waals surface area contributed by atoms with Crippen molar-refractivity contribution in [2.45, 2.75) is 11.7 Å². The highest BCUT2D eigenvalue weighted by atomic mass is 32.2. The monoisotopic (exact) mass is 216 g/mol. The average Bonchev–Trinajstić information content (AvgIpc) is 2.42. The molecule has 1 fully saturated rings. The first-order chi connectivity index (χ1) is 6.56. The molecule has 0 radical (unpaired) electrons. The zero-order valence-corrected chi connectivity index (χ0v) is 8.89. The first kappa shape index (κ1) is 11.0. The third-order valence-electron chi connectivity index (χ3n) is 2.03.